The molecule has 0 amide bonds. The highest BCUT2D eigenvalue weighted by Crippen LogP contribution is 2.17. The fourth-order valence-corrected chi connectivity index (χ4v) is 2.24. The maximum Gasteiger partial charge on any atom is 0.00719 e. The van der Waals surface area contributed by atoms with E-state index in [2.05, 4.69) is 56.4 Å². The van der Waals surface area contributed by atoms with Crippen LogP contribution in [-0.4, -0.2) is 18.8 Å². The quantitative estimate of drug-likeness (QED) is 0.596. The van der Waals surface area contributed by atoms with E-state index < -0.39 is 0 Å². The molecule has 0 bridgehead atoms. The maximum absolute atomic E-state index is 3.50. The summed E-state index contributed by atoms with van der Waals surface area (Å²) in [5.74, 6) is 1.20. The van der Waals surface area contributed by atoms with Crippen LogP contribution in [0.4, 0.5) is 0 Å². The van der Waals surface area contributed by atoms with Gasteiger partial charge in [-0.2, -0.15) is 0 Å². The lowest BCUT2D eigenvalue weighted by molar-refractivity contribution is 0.381. The third-order valence-corrected chi connectivity index (χ3v) is 3.26. The molecule has 1 N–H and O–H groups in total. The smallest absolute Gasteiger partial charge is 0.00719 e. The van der Waals surface area contributed by atoms with Crippen LogP contribution in [0.25, 0.3) is 0 Å². The molecule has 0 saturated carbocycles. The van der Waals surface area contributed by atoms with Crippen LogP contribution in [0.2, 0.25) is 0 Å². The van der Waals surface area contributed by atoms with E-state index in [4.69, 9.17) is 0 Å². The zero-order chi connectivity index (χ0) is 11.9. The molecular weight excluding hydrogens is 214 g/mol. The van der Waals surface area contributed by atoms with Gasteiger partial charge in [-0.3, -0.25) is 0 Å². The van der Waals surface area contributed by atoms with E-state index in [1.165, 1.54) is 17.1 Å². The molecule has 1 nitrogen and oxygen atoms in total. The standard InChI is InChI=1S/C14H23NS/c1-14(2,3)12-15-10-7-11-16-13-8-5-4-6-9-13/h4-6,8-9,15H,7,10-12H2,1-3H3. The Morgan fingerprint density at radius 3 is 2.44 bits per heavy atom. The van der Waals surface area contributed by atoms with Gasteiger partial charge in [0, 0.05) is 4.90 Å². The average Bonchev–Trinajstić information content (AvgIpc) is 2.23. The molecule has 2 heteroatoms. The third kappa shape index (κ3) is 6.91. The Bertz CT molecular complexity index is 277. The van der Waals surface area contributed by atoms with E-state index in [0.29, 0.717) is 5.41 Å². The Balaban J connectivity index is 2.01. The molecule has 0 heterocycles. The summed E-state index contributed by atoms with van der Waals surface area (Å²) in [5.41, 5.74) is 0.395. The molecule has 0 fully saturated rings. The van der Waals surface area contributed by atoms with Crippen LogP contribution in [-0.2, 0) is 0 Å². The number of nitrogens with one attached hydrogen (secondary N) is 1. The van der Waals surface area contributed by atoms with Gasteiger partial charge >= 0.3 is 0 Å². The number of hydrogen-bond acceptors (Lipinski definition) is 2. The molecule has 0 radical (unpaired) electrons. The van der Waals surface area contributed by atoms with Crippen LogP contribution in [0.1, 0.15) is 27.2 Å². The van der Waals surface area contributed by atoms with Crippen LogP contribution < -0.4 is 5.32 Å². The molecule has 1 rings (SSSR count). The van der Waals surface area contributed by atoms with Gasteiger partial charge in [0.25, 0.3) is 0 Å². The van der Waals surface area contributed by atoms with Crippen LogP contribution in [0.15, 0.2) is 35.2 Å². The lowest BCUT2D eigenvalue weighted by Crippen LogP contribution is -2.27. The van der Waals surface area contributed by atoms with Crippen molar-refractivity contribution >= 4 is 11.8 Å². The molecule has 90 valence electrons. The van der Waals surface area contributed by atoms with Crippen LogP contribution in [0.3, 0.4) is 0 Å². The van der Waals surface area contributed by atoms with Gasteiger partial charge in [0.15, 0.2) is 0 Å². The Hall–Kier alpha value is -0.470. The second kappa shape index (κ2) is 6.97. The maximum atomic E-state index is 3.50. The molecule has 0 aliphatic carbocycles. The van der Waals surface area contributed by atoms with Crippen molar-refractivity contribution in [3.8, 4) is 0 Å². The van der Waals surface area contributed by atoms with Crippen molar-refractivity contribution in [3.05, 3.63) is 30.3 Å². The summed E-state index contributed by atoms with van der Waals surface area (Å²) in [6, 6.07) is 10.6. The summed E-state index contributed by atoms with van der Waals surface area (Å²) in [7, 11) is 0. The molecule has 16 heavy (non-hydrogen) atoms. The van der Waals surface area contributed by atoms with Gasteiger partial charge in [-0.15, -0.1) is 11.8 Å². The average molecular weight is 237 g/mol. The lowest BCUT2D eigenvalue weighted by Gasteiger charge is -2.18. The summed E-state index contributed by atoms with van der Waals surface area (Å²) in [4.78, 5) is 1.37. The predicted molar refractivity (Wildman–Crippen MR) is 74.1 cm³/mol. The normalized spacial score (nSPS) is 11.7. The van der Waals surface area contributed by atoms with Crippen molar-refractivity contribution in [1.29, 1.82) is 0 Å². The van der Waals surface area contributed by atoms with E-state index in [9.17, 15) is 0 Å². The highest BCUT2D eigenvalue weighted by molar-refractivity contribution is 7.99. The Morgan fingerprint density at radius 1 is 1.12 bits per heavy atom. The predicted octanol–water partition coefficient (Wildman–Crippen LogP) is 3.80. The summed E-state index contributed by atoms with van der Waals surface area (Å²) in [5, 5.41) is 3.50. The summed E-state index contributed by atoms with van der Waals surface area (Å²) in [6.45, 7) is 9.01. The summed E-state index contributed by atoms with van der Waals surface area (Å²) in [6.07, 6.45) is 1.23. The molecule has 0 unspecified atom stereocenters. The summed E-state index contributed by atoms with van der Waals surface area (Å²) < 4.78 is 0. The van der Waals surface area contributed by atoms with Gasteiger partial charge < -0.3 is 5.32 Å². The monoisotopic (exact) mass is 237 g/mol. The Labute approximate surface area is 104 Å². The fraction of sp³-hybridized carbons (Fsp3) is 0.571. The van der Waals surface area contributed by atoms with Gasteiger partial charge in [0.2, 0.25) is 0 Å². The minimum Gasteiger partial charge on any atom is -0.316 e. The van der Waals surface area contributed by atoms with Crippen LogP contribution >= 0.6 is 11.8 Å². The van der Waals surface area contributed by atoms with E-state index >= 15 is 0 Å². The lowest BCUT2D eigenvalue weighted by atomic mass is 9.97. The van der Waals surface area contributed by atoms with E-state index in [1.54, 1.807) is 0 Å². The molecule has 0 aromatic heterocycles. The first-order valence-corrected chi connectivity index (χ1v) is 6.95. The molecule has 0 aliphatic heterocycles. The van der Waals surface area contributed by atoms with Crippen molar-refractivity contribution in [2.45, 2.75) is 32.1 Å². The van der Waals surface area contributed by atoms with Crippen molar-refractivity contribution in [2.75, 3.05) is 18.8 Å². The van der Waals surface area contributed by atoms with Gasteiger partial charge in [-0.25, -0.2) is 0 Å². The van der Waals surface area contributed by atoms with E-state index in [-0.39, 0.29) is 0 Å². The molecule has 1 aromatic carbocycles. The zero-order valence-corrected chi connectivity index (χ0v) is 11.4. The first-order valence-electron chi connectivity index (χ1n) is 5.96. The minimum absolute atomic E-state index is 0.395. The van der Waals surface area contributed by atoms with E-state index in [0.717, 1.165) is 13.1 Å². The van der Waals surface area contributed by atoms with Gasteiger partial charge in [-0.05, 0) is 42.8 Å². The fourth-order valence-electron chi connectivity index (χ4n) is 1.37. The SMILES string of the molecule is CC(C)(C)CNCCCSc1ccccc1. The van der Waals surface area contributed by atoms with Gasteiger partial charge in [0.05, 0.1) is 0 Å². The largest absolute Gasteiger partial charge is 0.316 e. The Kier molecular flexibility index (Phi) is 5.93. The highest BCUT2D eigenvalue weighted by atomic mass is 32.2. The molecule has 0 aliphatic rings. The number of thioether (sulfide) groups is 1. The van der Waals surface area contributed by atoms with Crippen molar-refractivity contribution in [3.63, 3.8) is 0 Å². The first kappa shape index (κ1) is 13.6. The first-order chi connectivity index (χ1) is 7.58. The number of hydrogen-bond donors (Lipinski definition) is 1. The number of benzene rings is 1. The van der Waals surface area contributed by atoms with E-state index in [1.807, 2.05) is 11.8 Å². The highest BCUT2D eigenvalue weighted by Gasteiger charge is 2.07. The minimum atomic E-state index is 0.395. The second-order valence-electron chi connectivity index (χ2n) is 5.25. The van der Waals surface area contributed by atoms with Crippen molar-refractivity contribution < 1.29 is 0 Å². The van der Waals surface area contributed by atoms with Crippen LogP contribution in [0.5, 0.6) is 0 Å². The number of rotatable bonds is 6. The van der Waals surface area contributed by atoms with Crippen molar-refractivity contribution in [1.82, 2.24) is 5.32 Å². The molecule has 0 saturated heterocycles. The molecule has 1 aromatic rings. The zero-order valence-electron chi connectivity index (χ0n) is 10.6. The topological polar surface area (TPSA) is 12.0 Å². The van der Waals surface area contributed by atoms with Gasteiger partial charge in [0.1, 0.15) is 0 Å². The van der Waals surface area contributed by atoms with Gasteiger partial charge in [-0.1, -0.05) is 39.0 Å². The van der Waals surface area contributed by atoms with Crippen molar-refractivity contribution in [2.24, 2.45) is 5.41 Å². The Morgan fingerprint density at radius 2 is 1.81 bits per heavy atom. The molecule has 0 spiro atoms. The third-order valence-electron chi connectivity index (χ3n) is 2.17. The molecular formula is C14H23NS. The van der Waals surface area contributed by atoms with Crippen LogP contribution in [0, 0.1) is 5.41 Å². The second-order valence-corrected chi connectivity index (χ2v) is 6.42. The molecule has 0 atom stereocenters. The summed E-state index contributed by atoms with van der Waals surface area (Å²) >= 11 is 1.94.